The highest BCUT2D eigenvalue weighted by Crippen LogP contribution is 2.25. The molecule has 1 aromatic carbocycles. The minimum atomic E-state index is -0.358. The fourth-order valence-corrected chi connectivity index (χ4v) is 1.92. The zero-order chi connectivity index (χ0) is 13.5. The van der Waals surface area contributed by atoms with Crippen LogP contribution in [0.3, 0.4) is 0 Å². The van der Waals surface area contributed by atoms with Crippen molar-refractivity contribution in [2.24, 2.45) is 0 Å². The second-order valence-corrected chi connectivity index (χ2v) is 5.04. The quantitative estimate of drug-likeness (QED) is 0.494. The summed E-state index contributed by atoms with van der Waals surface area (Å²) in [7, 11) is 0. The molecule has 0 heterocycles. The molecule has 0 atom stereocenters. The molecule has 1 aromatic rings. The zero-order valence-electron chi connectivity index (χ0n) is 10.6. The van der Waals surface area contributed by atoms with Crippen LogP contribution in [0.1, 0.15) is 25.8 Å². The molecular formula is C13H17BrN2O2. The Morgan fingerprint density at radius 2 is 2.28 bits per heavy atom. The average molecular weight is 313 g/mol. The van der Waals surface area contributed by atoms with Gasteiger partial charge in [0, 0.05) is 17.1 Å². The Balaban J connectivity index is 2.88. The lowest BCUT2D eigenvalue weighted by atomic mass is 10.1. The number of hydrogen-bond acceptors (Lipinski definition) is 3. The first-order chi connectivity index (χ1) is 8.54. The molecule has 0 saturated heterocycles. The van der Waals surface area contributed by atoms with Gasteiger partial charge in [-0.1, -0.05) is 28.4 Å². The van der Waals surface area contributed by atoms with Gasteiger partial charge in [-0.2, -0.15) is 0 Å². The maximum absolute atomic E-state index is 11.0. The number of halogens is 1. The van der Waals surface area contributed by atoms with E-state index in [4.69, 9.17) is 0 Å². The van der Waals surface area contributed by atoms with Crippen molar-refractivity contribution in [3.8, 4) is 0 Å². The summed E-state index contributed by atoms with van der Waals surface area (Å²) >= 11 is 3.24. The van der Waals surface area contributed by atoms with Crippen LogP contribution < -0.4 is 5.32 Å². The van der Waals surface area contributed by atoms with Gasteiger partial charge in [0.15, 0.2) is 0 Å². The van der Waals surface area contributed by atoms with Crippen LogP contribution in [0, 0.1) is 10.1 Å². The van der Waals surface area contributed by atoms with E-state index in [1.807, 2.05) is 19.1 Å². The van der Waals surface area contributed by atoms with E-state index >= 15 is 0 Å². The Bertz CT molecular complexity index is 458. The molecule has 5 heteroatoms. The van der Waals surface area contributed by atoms with Crippen LogP contribution in [0.5, 0.6) is 0 Å². The predicted molar refractivity (Wildman–Crippen MR) is 77.6 cm³/mol. The van der Waals surface area contributed by atoms with Crippen LogP contribution >= 0.6 is 15.9 Å². The molecule has 1 N–H and O–H groups in total. The molecule has 0 saturated carbocycles. The van der Waals surface area contributed by atoms with Crippen LogP contribution in [-0.4, -0.2) is 18.0 Å². The molecule has 18 heavy (non-hydrogen) atoms. The molecular weight excluding hydrogens is 296 g/mol. The van der Waals surface area contributed by atoms with Crippen molar-refractivity contribution in [1.29, 1.82) is 0 Å². The summed E-state index contributed by atoms with van der Waals surface area (Å²) in [5.74, 6) is 0. The van der Waals surface area contributed by atoms with E-state index in [1.165, 1.54) is 6.07 Å². The third-order valence-corrected chi connectivity index (χ3v) is 2.91. The molecule has 0 bridgehead atoms. The van der Waals surface area contributed by atoms with E-state index in [0.29, 0.717) is 10.0 Å². The van der Waals surface area contributed by atoms with Gasteiger partial charge in [-0.25, -0.2) is 0 Å². The number of hydrogen-bond donors (Lipinski definition) is 1. The predicted octanol–water partition coefficient (Wildman–Crippen LogP) is 3.76. The normalized spacial score (nSPS) is 11.6. The Morgan fingerprint density at radius 1 is 1.56 bits per heavy atom. The van der Waals surface area contributed by atoms with E-state index in [2.05, 4.69) is 28.2 Å². The lowest BCUT2D eigenvalue weighted by Gasteiger charge is -2.04. The third kappa shape index (κ3) is 4.58. The highest BCUT2D eigenvalue weighted by atomic mass is 79.9. The smallest absolute Gasteiger partial charge is 0.277 e. The average Bonchev–Trinajstić information content (AvgIpc) is 2.31. The van der Waals surface area contributed by atoms with Crippen LogP contribution in [0.4, 0.5) is 5.69 Å². The summed E-state index contributed by atoms with van der Waals surface area (Å²) in [5, 5.41) is 14.2. The van der Waals surface area contributed by atoms with Crippen molar-refractivity contribution in [3.05, 3.63) is 43.9 Å². The SMILES string of the molecule is CCCNC/C(C)=C/c1ccc(Br)cc1[N+](=O)[O-]. The first-order valence-corrected chi connectivity index (χ1v) is 6.65. The maximum Gasteiger partial charge on any atom is 0.277 e. The van der Waals surface area contributed by atoms with Crippen molar-refractivity contribution >= 4 is 27.7 Å². The van der Waals surface area contributed by atoms with E-state index in [9.17, 15) is 10.1 Å². The fourth-order valence-electron chi connectivity index (χ4n) is 1.58. The van der Waals surface area contributed by atoms with Crippen LogP contribution in [0.25, 0.3) is 6.08 Å². The van der Waals surface area contributed by atoms with Gasteiger partial charge in [0.2, 0.25) is 0 Å². The highest BCUT2D eigenvalue weighted by molar-refractivity contribution is 9.10. The summed E-state index contributed by atoms with van der Waals surface area (Å²) in [4.78, 5) is 10.6. The van der Waals surface area contributed by atoms with Crippen molar-refractivity contribution < 1.29 is 4.92 Å². The van der Waals surface area contributed by atoms with Gasteiger partial charge in [-0.15, -0.1) is 0 Å². The molecule has 0 fully saturated rings. The lowest BCUT2D eigenvalue weighted by Crippen LogP contribution is -2.16. The first-order valence-electron chi connectivity index (χ1n) is 5.86. The largest absolute Gasteiger partial charge is 0.313 e. The molecule has 0 amide bonds. The highest BCUT2D eigenvalue weighted by Gasteiger charge is 2.12. The second-order valence-electron chi connectivity index (χ2n) is 4.13. The third-order valence-electron chi connectivity index (χ3n) is 2.42. The van der Waals surface area contributed by atoms with E-state index in [-0.39, 0.29) is 10.6 Å². The molecule has 0 spiro atoms. The van der Waals surface area contributed by atoms with Crippen LogP contribution in [-0.2, 0) is 0 Å². The topological polar surface area (TPSA) is 55.2 Å². The second kappa shape index (κ2) is 7.28. The van der Waals surface area contributed by atoms with Gasteiger partial charge in [-0.05, 0) is 38.1 Å². The van der Waals surface area contributed by atoms with Gasteiger partial charge >= 0.3 is 0 Å². The number of benzene rings is 1. The monoisotopic (exact) mass is 312 g/mol. The standard InChI is InChI=1S/C13H17BrN2O2/c1-3-6-15-9-10(2)7-11-4-5-12(14)8-13(11)16(17)18/h4-5,7-8,15H,3,6,9H2,1-2H3/b10-7+. The van der Waals surface area contributed by atoms with E-state index in [1.54, 1.807) is 6.07 Å². The van der Waals surface area contributed by atoms with Gasteiger partial charge in [0.25, 0.3) is 5.69 Å². The Kier molecular flexibility index (Phi) is 6.01. The summed E-state index contributed by atoms with van der Waals surface area (Å²) in [5.41, 5.74) is 1.84. The summed E-state index contributed by atoms with van der Waals surface area (Å²) in [6, 6.07) is 5.09. The molecule has 0 unspecified atom stereocenters. The Labute approximate surface area is 115 Å². The minimum Gasteiger partial charge on any atom is -0.313 e. The summed E-state index contributed by atoms with van der Waals surface area (Å²) < 4.78 is 0.716. The van der Waals surface area contributed by atoms with Crippen LogP contribution in [0.15, 0.2) is 28.2 Å². The number of nitrogens with zero attached hydrogens (tertiary/aromatic N) is 1. The molecule has 0 aliphatic rings. The van der Waals surface area contributed by atoms with Gasteiger partial charge in [-0.3, -0.25) is 10.1 Å². The van der Waals surface area contributed by atoms with E-state index < -0.39 is 0 Å². The molecule has 4 nitrogen and oxygen atoms in total. The molecule has 0 aromatic heterocycles. The van der Waals surface area contributed by atoms with Gasteiger partial charge in [0.05, 0.1) is 10.5 Å². The number of nitro groups is 1. The molecule has 0 radical (unpaired) electrons. The maximum atomic E-state index is 11.0. The van der Waals surface area contributed by atoms with Crippen molar-refractivity contribution in [3.63, 3.8) is 0 Å². The lowest BCUT2D eigenvalue weighted by molar-refractivity contribution is -0.385. The number of rotatable bonds is 6. The number of nitro benzene ring substituents is 1. The number of nitrogens with one attached hydrogen (secondary N) is 1. The Morgan fingerprint density at radius 3 is 2.89 bits per heavy atom. The summed E-state index contributed by atoms with van der Waals surface area (Å²) in [6.45, 7) is 5.77. The van der Waals surface area contributed by atoms with Crippen LogP contribution in [0.2, 0.25) is 0 Å². The van der Waals surface area contributed by atoms with Crippen molar-refractivity contribution in [1.82, 2.24) is 5.32 Å². The van der Waals surface area contributed by atoms with Gasteiger partial charge < -0.3 is 5.32 Å². The molecule has 0 aliphatic carbocycles. The minimum absolute atomic E-state index is 0.124. The molecule has 98 valence electrons. The zero-order valence-corrected chi connectivity index (χ0v) is 12.2. The van der Waals surface area contributed by atoms with Crippen molar-refractivity contribution in [2.45, 2.75) is 20.3 Å². The van der Waals surface area contributed by atoms with Gasteiger partial charge in [0.1, 0.15) is 0 Å². The van der Waals surface area contributed by atoms with Crippen molar-refractivity contribution in [2.75, 3.05) is 13.1 Å². The van der Waals surface area contributed by atoms with E-state index in [0.717, 1.165) is 25.1 Å². The Hall–Kier alpha value is -1.20. The molecule has 1 rings (SSSR count). The fraction of sp³-hybridized carbons (Fsp3) is 0.385. The molecule has 0 aliphatic heterocycles. The summed E-state index contributed by atoms with van der Waals surface area (Å²) in [6.07, 6.45) is 2.93. The first kappa shape index (κ1) is 14.9.